The lowest BCUT2D eigenvalue weighted by Gasteiger charge is -2.20. The standard InChI is InChI=1S/C20H24N2O3/c1-4-13-21-17-10-6-5-9-16(17)20(23)22(2)14-15-25-19-12-8-7-11-18(19)24-3/h4-12,21H,1,13-15H2,2-3H3. The van der Waals surface area contributed by atoms with Gasteiger partial charge < -0.3 is 19.7 Å². The number of ether oxygens (including phenoxy) is 2. The van der Waals surface area contributed by atoms with E-state index in [1.54, 1.807) is 25.1 Å². The van der Waals surface area contributed by atoms with Crippen molar-refractivity contribution in [3.63, 3.8) is 0 Å². The molecule has 0 radical (unpaired) electrons. The number of para-hydroxylation sites is 3. The number of methoxy groups -OCH3 is 1. The van der Waals surface area contributed by atoms with E-state index in [1.807, 2.05) is 48.5 Å². The Morgan fingerprint density at radius 2 is 1.84 bits per heavy atom. The smallest absolute Gasteiger partial charge is 0.255 e. The van der Waals surface area contributed by atoms with Crippen molar-refractivity contribution in [3.05, 3.63) is 66.7 Å². The molecule has 0 aromatic heterocycles. The minimum absolute atomic E-state index is 0.0595. The monoisotopic (exact) mass is 340 g/mol. The van der Waals surface area contributed by atoms with E-state index in [9.17, 15) is 4.79 Å². The third kappa shape index (κ3) is 5.01. The summed E-state index contributed by atoms with van der Waals surface area (Å²) in [4.78, 5) is 14.3. The maximum atomic E-state index is 12.7. The van der Waals surface area contributed by atoms with E-state index in [1.165, 1.54) is 0 Å². The Labute approximate surface area is 148 Å². The van der Waals surface area contributed by atoms with Crippen molar-refractivity contribution in [1.29, 1.82) is 0 Å². The second-order valence-electron chi connectivity index (χ2n) is 5.44. The summed E-state index contributed by atoms with van der Waals surface area (Å²) >= 11 is 0. The van der Waals surface area contributed by atoms with Crippen LogP contribution in [-0.2, 0) is 0 Å². The zero-order valence-electron chi connectivity index (χ0n) is 14.7. The molecule has 25 heavy (non-hydrogen) atoms. The lowest BCUT2D eigenvalue weighted by atomic mass is 10.1. The number of amides is 1. The second kappa shape index (κ2) is 9.37. The predicted octanol–water partition coefficient (Wildman–Crippen LogP) is 3.44. The molecule has 132 valence electrons. The van der Waals surface area contributed by atoms with Gasteiger partial charge in [-0.05, 0) is 24.3 Å². The van der Waals surface area contributed by atoms with Crippen LogP contribution in [0.4, 0.5) is 5.69 Å². The first-order valence-corrected chi connectivity index (χ1v) is 8.12. The van der Waals surface area contributed by atoms with Crippen LogP contribution in [0.25, 0.3) is 0 Å². The van der Waals surface area contributed by atoms with E-state index in [4.69, 9.17) is 9.47 Å². The Bertz CT molecular complexity index is 716. The Kier molecular flexibility index (Phi) is 6.89. The van der Waals surface area contributed by atoms with E-state index >= 15 is 0 Å². The van der Waals surface area contributed by atoms with Crippen molar-refractivity contribution in [2.24, 2.45) is 0 Å². The normalized spacial score (nSPS) is 10.0. The topological polar surface area (TPSA) is 50.8 Å². The van der Waals surface area contributed by atoms with Gasteiger partial charge in [-0.25, -0.2) is 0 Å². The predicted molar refractivity (Wildman–Crippen MR) is 101 cm³/mol. The average Bonchev–Trinajstić information content (AvgIpc) is 2.66. The summed E-state index contributed by atoms with van der Waals surface area (Å²) in [6, 6.07) is 14.9. The van der Waals surface area contributed by atoms with Gasteiger partial charge in [-0.15, -0.1) is 6.58 Å². The summed E-state index contributed by atoms with van der Waals surface area (Å²) in [6.07, 6.45) is 1.76. The molecule has 0 saturated carbocycles. The van der Waals surface area contributed by atoms with Crippen molar-refractivity contribution < 1.29 is 14.3 Å². The van der Waals surface area contributed by atoms with Gasteiger partial charge in [-0.2, -0.15) is 0 Å². The summed E-state index contributed by atoms with van der Waals surface area (Å²) < 4.78 is 11.0. The Morgan fingerprint density at radius 3 is 2.56 bits per heavy atom. The molecule has 5 nitrogen and oxygen atoms in total. The summed E-state index contributed by atoms with van der Waals surface area (Å²) in [5.74, 6) is 1.28. The summed E-state index contributed by atoms with van der Waals surface area (Å²) in [5.41, 5.74) is 1.43. The highest BCUT2D eigenvalue weighted by atomic mass is 16.5. The lowest BCUT2D eigenvalue weighted by molar-refractivity contribution is 0.0774. The van der Waals surface area contributed by atoms with Crippen LogP contribution >= 0.6 is 0 Å². The number of benzene rings is 2. The quantitative estimate of drug-likeness (QED) is 0.711. The maximum absolute atomic E-state index is 12.7. The fraction of sp³-hybridized carbons (Fsp3) is 0.250. The summed E-state index contributed by atoms with van der Waals surface area (Å²) in [5, 5.41) is 3.18. The molecule has 0 bridgehead atoms. The van der Waals surface area contributed by atoms with Crippen molar-refractivity contribution in [1.82, 2.24) is 4.90 Å². The van der Waals surface area contributed by atoms with Crippen LogP contribution in [-0.4, -0.2) is 44.7 Å². The van der Waals surface area contributed by atoms with Crippen molar-refractivity contribution in [3.8, 4) is 11.5 Å². The van der Waals surface area contributed by atoms with Crippen LogP contribution in [0.3, 0.4) is 0 Å². The van der Waals surface area contributed by atoms with Gasteiger partial charge in [-0.3, -0.25) is 4.79 Å². The number of rotatable bonds is 9. The summed E-state index contributed by atoms with van der Waals surface area (Å²) in [6.45, 7) is 5.13. The Hall–Kier alpha value is -2.95. The molecule has 0 aliphatic rings. The molecule has 0 spiro atoms. The number of carbonyl (C=O) groups excluding carboxylic acids is 1. The zero-order chi connectivity index (χ0) is 18.1. The third-order valence-corrected chi connectivity index (χ3v) is 3.69. The first-order chi connectivity index (χ1) is 12.2. The molecule has 0 unspecified atom stereocenters. The summed E-state index contributed by atoms with van der Waals surface area (Å²) in [7, 11) is 3.36. The van der Waals surface area contributed by atoms with Gasteiger partial charge in [0.15, 0.2) is 11.5 Å². The fourth-order valence-electron chi connectivity index (χ4n) is 2.34. The van der Waals surface area contributed by atoms with E-state index in [0.29, 0.717) is 36.8 Å². The number of likely N-dealkylation sites (N-methyl/N-ethyl adjacent to an activating group) is 1. The number of carbonyl (C=O) groups is 1. The van der Waals surface area contributed by atoms with Gasteiger partial charge in [0.05, 0.1) is 19.2 Å². The van der Waals surface area contributed by atoms with Gasteiger partial charge >= 0.3 is 0 Å². The molecular formula is C20H24N2O3. The minimum atomic E-state index is -0.0595. The van der Waals surface area contributed by atoms with Crippen LogP contribution in [0.5, 0.6) is 11.5 Å². The highest BCUT2D eigenvalue weighted by Crippen LogP contribution is 2.25. The zero-order valence-corrected chi connectivity index (χ0v) is 14.7. The van der Waals surface area contributed by atoms with Crippen molar-refractivity contribution in [2.75, 3.05) is 39.2 Å². The van der Waals surface area contributed by atoms with Crippen LogP contribution in [0.2, 0.25) is 0 Å². The Balaban J connectivity index is 1.95. The molecule has 0 saturated heterocycles. The van der Waals surface area contributed by atoms with Gasteiger partial charge in [-0.1, -0.05) is 30.3 Å². The molecule has 1 N–H and O–H groups in total. The van der Waals surface area contributed by atoms with E-state index < -0.39 is 0 Å². The van der Waals surface area contributed by atoms with Gasteiger partial charge in [0.25, 0.3) is 5.91 Å². The first kappa shape index (κ1) is 18.4. The largest absolute Gasteiger partial charge is 0.493 e. The minimum Gasteiger partial charge on any atom is -0.493 e. The average molecular weight is 340 g/mol. The van der Waals surface area contributed by atoms with Crippen molar-refractivity contribution >= 4 is 11.6 Å². The maximum Gasteiger partial charge on any atom is 0.255 e. The third-order valence-electron chi connectivity index (χ3n) is 3.69. The molecule has 2 rings (SSSR count). The van der Waals surface area contributed by atoms with Gasteiger partial charge in [0.2, 0.25) is 0 Å². The fourth-order valence-corrected chi connectivity index (χ4v) is 2.34. The lowest BCUT2D eigenvalue weighted by Crippen LogP contribution is -2.31. The van der Waals surface area contributed by atoms with E-state index in [2.05, 4.69) is 11.9 Å². The van der Waals surface area contributed by atoms with Gasteiger partial charge in [0.1, 0.15) is 6.61 Å². The van der Waals surface area contributed by atoms with E-state index in [-0.39, 0.29) is 5.91 Å². The van der Waals surface area contributed by atoms with Crippen LogP contribution in [0.15, 0.2) is 61.2 Å². The van der Waals surface area contributed by atoms with Gasteiger partial charge in [0, 0.05) is 19.3 Å². The second-order valence-corrected chi connectivity index (χ2v) is 5.44. The van der Waals surface area contributed by atoms with E-state index in [0.717, 1.165) is 5.69 Å². The molecule has 5 heteroatoms. The molecule has 0 aliphatic carbocycles. The molecule has 0 aliphatic heterocycles. The van der Waals surface area contributed by atoms with Crippen molar-refractivity contribution in [2.45, 2.75) is 0 Å². The van der Waals surface area contributed by atoms with Crippen LogP contribution in [0.1, 0.15) is 10.4 Å². The highest BCUT2D eigenvalue weighted by molar-refractivity contribution is 5.99. The number of hydrogen-bond acceptors (Lipinski definition) is 4. The molecule has 2 aromatic rings. The molecular weight excluding hydrogens is 316 g/mol. The van der Waals surface area contributed by atoms with Crippen LogP contribution in [0, 0.1) is 0 Å². The molecule has 2 aromatic carbocycles. The molecule has 0 heterocycles. The molecule has 0 atom stereocenters. The number of anilines is 1. The van der Waals surface area contributed by atoms with Crippen LogP contribution < -0.4 is 14.8 Å². The SMILES string of the molecule is C=CCNc1ccccc1C(=O)N(C)CCOc1ccccc1OC. The number of nitrogens with zero attached hydrogens (tertiary/aromatic N) is 1. The first-order valence-electron chi connectivity index (χ1n) is 8.12. The molecule has 0 fully saturated rings. The Morgan fingerprint density at radius 1 is 1.16 bits per heavy atom. The number of hydrogen-bond donors (Lipinski definition) is 1. The number of nitrogens with one attached hydrogen (secondary N) is 1. The molecule has 1 amide bonds. The highest BCUT2D eigenvalue weighted by Gasteiger charge is 2.15.